The van der Waals surface area contributed by atoms with Crippen LogP contribution in [-0.2, 0) is 15.9 Å². The number of hydrogen-bond acceptors (Lipinski definition) is 3. The summed E-state index contributed by atoms with van der Waals surface area (Å²) in [7, 11) is 1.92. The van der Waals surface area contributed by atoms with Crippen LogP contribution in [0.25, 0.3) is 0 Å². The van der Waals surface area contributed by atoms with Gasteiger partial charge in [0.1, 0.15) is 0 Å². The second-order valence-corrected chi connectivity index (χ2v) is 4.10. The first-order valence-electron chi connectivity index (χ1n) is 6.21. The molecule has 0 aromatic heterocycles. The molecule has 0 radical (unpaired) electrons. The third-order valence-corrected chi connectivity index (χ3v) is 2.48. The van der Waals surface area contributed by atoms with E-state index in [4.69, 9.17) is 9.47 Å². The number of ether oxygens (including phenoxy) is 2. The van der Waals surface area contributed by atoms with Gasteiger partial charge in [0.05, 0.1) is 25.9 Å². The normalized spacial score (nSPS) is 12.6. The fourth-order valence-electron chi connectivity index (χ4n) is 1.49. The van der Waals surface area contributed by atoms with Crippen molar-refractivity contribution in [3.63, 3.8) is 0 Å². The van der Waals surface area contributed by atoms with E-state index in [2.05, 4.69) is 29.6 Å². The topological polar surface area (TPSA) is 30.5 Å². The van der Waals surface area contributed by atoms with E-state index in [1.54, 1.807) is 0 Å². The molecule has 0 saturated heterocycles. The Labute approximate surface area is 104 Å². The van der Waals surface area contributed by atoms with Crippen LogP contribution in [0.15, 0.2) is 30.3 Å². The van der Waals surface area contributed by atoms with Crippen LogP contribution in [0.3, 0.4) is 0 Å². The molecular formula is C14H23NO2. The minimum absolute atomic E-state index is 0.163. The molecule has 0 amide bonds. The molecule has 0 fully saturated rings. The minimum atomic E-state index is 0.163. The van der Waals surface area contributed by atoms with Gasteiger partial charge in [0.2, 0.25) is 0 Å². The Kier molecular flexibility index (Phi) is 7.63. The Morgan fingerprint density at radius 1 is 1.18 bits per heavy atom. The molecule has 17 heavy (non-hydrogen) atoms. The molecule has 0 saturated carbocycles. The summed E-state index contributed by atoms with van der Waals surface area (Å²) in [5, 5.41) is 3.04. The monoisotopic (exact) mass is 237 g/mol. The predicted molar refractivity (Wildman–Crippen MR) is 70.3 cm³/mol. The lowest BCUT2D eigenvalue weighted by molar-refractivity contribution is -0.00430. The summed E-state index contributed by atoms with van der Waals surface area (Å²) in [6, 6.07) is 10.4. The van der Waals surface area contributed by atoms with Crippen molar-refractivity contribution in [2.24, 2.45) is 0 Å². The molecule has 1 N–H and O–H groups in total. The Hall–Kier alpha value is -0.900. The molecule has 0 spiro atoms. The molecular weight excluding hydrogens is 214 g/mol. The molecule has 0 bridgehead atoms. The molecule has 0 aliphatic carbocycles. The second kappa shape index (κ2) is 9.16. The van der Waals surface area contributed by atoms with E-state index in [0.29, 0.717) is 6.61 Å². The standard InChI is InChI=1S/C14H23NO2/c1-13(12-16-11-9-15-2)17-10-8-14-6-4-3-5-7-14/h3-7,13,15H,8-12H2,1-2H3. The van der Waals surface area contributed by atoms with Gasteiger partial charge in [-0.2, -0.15) is 0 Å². The third kappa shape index (κ3) is 7.10. The van der Waals surface area contributed by atoms with Gasteiger partial charge in [0.15, 0.2) is 0 Å². The van der Waals surface area contributed by atoms with Gasteiger partial charge in [-0.1, -0.05) is 30.3 Å². The Morgan fingerprint density at radius 2 is 1.94 bits per heavy atom. The fraction of sp³-hybridized carbons (Fsp3) is 0.571. The molecule has 1 atom stereocenters. The molecule has 0 aliphatic heterocycles. The number of benzene rings is 1. The van der Waals surface area contributed by atoms with Crippen LogP contribution in [0.1, 0.15) is 12.5 Å². The summed E-state index contributed by atoms with van der Waals surface area (Å²) >= 11 is 0. The summed E-state index contributed by atoms with van der Waals surface area (Å²) in [5.41, 5.74) is 1.32. The Bertz CT molecular complexity index is 277. The SMILES string of the molecule is CNCCOCC(C)OCCc1ccccc1. The quantitative estimate of drug-likeness (QED) is 0.665. The van der Waals surface area contributed by atoms with Gasteiger partial charge in [-0.25, -0.2) is 0 Å². The van der Waals surface area contributed by atoms with Crippen molar-refractivity contribution in [3.05, 3.63) is 35.9 Å². The zero-order chi connectivity index (χ0) is 12.3. The molecule has 3 nitrogen and oxygen atoms in total. The highest BCUT2D eigenvalue weighted by atomic mass is 16.5. The van der Waals surface area contributed by atoms with Gasteiger partial charge in [-0.15, -0.1) is 0 Å². The van der Waals surface area contributed by atoms with Gasteiger partial charge < -0.3 is 14.8 Å². The average Bonchev–Trinajstić information content (AvgIpc) is 2.36. The summed E-state index contributed by atoms with van der Waals surface area (Å²) in [6.07, 6.45) is 1.12. The van der Waals surface area contributed by atoms with Gasteiger partial charge >= 0.3 is 0 Å². The van der Waals surface area contributed by atoms with Crippen molar-refractivity contribution >= 4 is 0 Å². The van der Waals surface area contributed by atoms with Crippen LogP contribution in [0.5, 0.6) is 0 Å². The summed E-state index contributed by atoms with van der Waals surface area (Å²) in [5.74, 6) is 0. The highest BCUT2D eigenvalue weighted by Gasteiger charge is 2.02. The third-order valence-electron chi connectivity index (χ3n) is 2.48. The molecule has 1 aromatic carbocycles. The van der Waals surface area contributed by atoms with Crippen LogP contribution in [0, 0.1) is 0 Å². The average molecular weight is 237 g/mol. The molecule has 3 heteroatoms. The van der Waals surface area contributed by atoms with Crippen molar-refractivity contribution in [2.45, 2.75) is 19.4 Å². The van der Waals surface area contributed by atoms with Crippen LogP contribution in [0.4, 0.5) is 0 Å². The second-order valence-electron chi connectivity index (χ2n) is 4.10. The predicted octanol–water partition coefficient (Wildman–Crippen LogP) is 1.87. The first-order chi connectivity index (χ1) is 8.33. The highest BCUT2D eigenvalue weighted by Crippen LogP contribution is 2.01. The fourth-order valence-corrected chi connectivity index (χ4v) is 1.49. The lowest BCUT2D eigenvalue weighted by atomic mass is 10.2. The summed E-state index contributed by atoms with van der Waals surface area (Å²) in [6.45, 7) is 5.08. The number of likely N-dealkylation sites (N-methyl/N-ethyl adjacent to an activating group) is 1. The smallest absolute Gasteiger partial charge is 0.0780 e. The molecule has 1 unspecified atom stereocenters. The number of nitrogens with one attached hydrogen (secondary N) is 1. The largest absolute Gasteiger partial charge is 0.377 e. The van der Waals surface area contributed by atoms with Crippen LogP contribution < -0.4 is 5.32 Å². The zero-order valence-corrected chi connectivity index (χ0v) is 10.8. The van der Waals surface area contributed by atoms with Crippen LogP contribution in [0.2, 0.25) is 0 Å². The van der Waals surface area contributed by atoms with E-state index < -0.39 is 0 Å². The van der Waals surface area contributed by atoms with Gasteiger partial charge in [0, 0.05) is 6.54 Å². The van der Waals surface area contributed by atoms with Crippen LogP contribution >= 0.6 is 0 Å². The van der Waals surface area contributed by atoms with E-state index >= 15 is 0 Å². The van der Waals surface area contributed by atoms with Gasteiger partial charge in [-0.05, 0) is 26.0 Å². The first-order valence-corrected chi connectivity index (χ1v) is 6.21. The van der Waals surface area contributed by atoms with Crippen LogP contribution in [-0.4, -0.2) is 39.5 Å². The molecule has 0 heterocycles. The Morgan fingerprint density at radius 3 is 2.65 bits per heavy atom. The van der Waals surface area contributed by atoms with E-state index in [-0.39, 0.29) is 6.10 Å². The van der Waals surface area contributed by atoms with Crippen molar-refractivity contribution in [1.82, 2.24) is 5.32 Å². The minimum Gasteiger partial charge on any atom is -0.377 e. The lowest BCUT2D eigenvalue weighted by Crippen LogP contribution is -2.21. The summed E-state index contributed by atoms with van der Waals surface area (Å²) in [4.78, 5) is 0. The maximum Gasteiger partial charge on any atom is 0.0780 e. The number of rotatable bonds is 9. The molecule has 96 valence electrons. The van der Waals surface area contributed by atoms with Crippen molar-refractivity contribution in [1.29, 1.82) is 0 Å². The maximum atomic E-state index is 5.68. The highest BCUT2D eigenvalue weighted by molar-refractivity contribution is 5.14. The summed E-state index contributed by atoms with van der Waals surface area (Å²) < 4.78 is 11.1. The number of hydrogen-bond donors (Lipinski definition) is 1. The molecule has 1 aromatic rings. The van der Waals surface area contributed by atoms with E-state index in [1.165, 1.54) is 5.56 Å². The van der Waals surface area contributed by atoms with Gasteiger partial charge in [0.25, 0.3) is 0 Å². The Balaban J connectivity index is 2.02. The van der Waals surface area contributed by atoms with E-state index in [0.717, 1.165) is 26.2 Å². The zero-order valence-electron chi connectivity index (χ0n) is 10.8. The maximum absolute atomic E-state index is 5.68. The van der Waals surface area contributed by atoms with E-state index in [1.807, 2.05) is 20.0 Å². The lowest BCUT2D eigenvalue weighted by Gasteiger charge is -2.13. The van der Waals surface area contributed by atoms with E-state index in [9.17, 15) is 0 Å². The van der Waals surface area contributed by atoms with Crippen molar-refractivity contribution in [2.75, 3.05) is 33.4 Å². The van der Waals surface area contributed by atoms with Crippen molar-refractivity contribution in [3.8, 4) is 0 Å². The molecule has 0 aliphatic rings. The van der Waals surface area contributed by atoms with Gasteiger partial charge in [-0.3, -0.25) is 0 Å². The molecule has 1 rings (SSSR count). The van der Waals surface area contributed by atoms with Crippen molar-refractivity contribution < 1.29 is 9.47 Å². The first kappa shape index (κ1) is 14.2.